The minimum Gasteiger partial charge on any atom is -0.393 e. The minimum absolute atomic E-state index is 0.00389. The van der Waals surface area contributed by atoms with Gasteiger partial charge in [0.05, 0.1) is 6.10 Å². The van der Waals surface area contributed by atoms with Gasteiger partial charge < -0.3 is 15.7 Å². The van der Waals surface area contributed by atoms with Gasteiger partial charge in [-0.2, -0.15) is 0 Å². The molecule has 0 aliphatic heterocycles. The molecule has 0 aromatic heterocycles. The molecule has 5 fully saturated rings. The van der Waals surface area contributed by atoms with E-state index in [4.69, 9.17) is 0 Å². The summed E-state index contributed by atoms with van der Waals surface area (Å²) in [5, 5.41) is 18.0. The van der Waals surface area contributed by atoms with Crippen molar-refractivity contribution in [2.75, 3.05) is 6.54 Å². The number of carbonyl (C=O) groups excluding carboxylic acids is 1. The summed E-state index contributed by atoms with van der Waals surface area (Å²) >= 11 is 0. The largest absolute Gasteiger partial charge is 0.393 e. The van der Waals surface area contributed by atoms with Gasteiger partial charge >= 0.3 is 0 Å². The molecule has 0 radical (unpaired) electrons. The molecule has 250 valence electrons. The number of aliphatic hydroxyl groups is 1. The van der Waals surface area contributed by atoms with Gasteiger partial charge in [-0.05, 0) is 152 Å². The van der Waals surface area contributed by atoms with Crippen molar-refractivity contribution in [1.29, 1.82) is 0 Å². The van der Waals surface area contributed by atoms with Crippen molar-refractivity contribution in [3.63, 3.8) is 0 Å². The lowest BCUT2D eigenvalue weighted by atomic mass is 9.40. The van der Waals surface area contributed by atoms with Crippen LogP contribution in [-0.2, 0) is 13.1 Å². The Bertz CT molecular complexity index is 1420. The van der Waals surface area contributed by atoms with E-state index in [-0.39, 0.29) is 17.4 Å². The Balaban J connectivity index is 1.00. The van der Waals surface area contributed by atoms with Crippen molar-refractivity contribution < 1.29 is 9.90 Å². The van der Waals surface area contributed by atoms with Crippen molar-refractivity contribution in [3.05, 3.63) is 70.8 Å². The summed E-state index contributed by atoms with van der Waals surface area (Å²) in [6.07, 6.45) is 13.2. The van der Waals surface area contributed by atoms with Crippen molar-refractivity contribution in [2.45, 2.75) is 118 Å². The molecular weight excluding hydrogens is 564 g/mol. The van der Waals surface area contributed by atoms with Crippen molar-refractivity contribution >= 4 is 5.91 Å². The van der Waals surface area contributed by atoms with Crippen LogP contribution >= 0.6 is 0 Å². The van der Waals surface area contributed by atoms with Gasteiger partial charge in [-0.1, -0.05) is 69.7 Å². The number of hydrogen-bond acceptors (Lipinski definition) is 3. The summed E-state index contributed by atoms with van der Waals surface area (Å²) in [7, 11) is 0. The fraction of sp³-hybridized carbons (Fsp3) is 0.690. The van der Waals surface area contributed by atoms with Crippen LogP contribution in [0.5, 0.6) is 0 Å². The Morgan fingerprint density at radius 2 is 1.50 bits per heavy atom. The maximum atomic E-state index is 13.0. The molecule has 5 saturated carbocycles. The average Bonchev–Trinajstić information content (AvgIpc) is 3.37. The van der Waals surface area contributed by atoms with Gasteiger partial charge in [-0.15, -0.1) is 0 Å². The summed E-state index contributed by atoms with van der Waals surface area (Å²) in [6, 6.07) is 16.5. The van der Waals surface area contributed by atoms with Crippen LogP contribution in [0.2, 0.25) is 0 Å². The highest BCUT2D eigenvalue weighted by Gasteiger charge is 2.64. The Labute approximate surface area is 278 Å². The smallest absolute Gasteiger partial charge is 0.251 e. The third kappa shape index (κ3) is 5.58. The number of benzene rings is 2. The number of carbonyl (C=O) groups is 1. The minimum atomic E-state index is -0.122. The predicted octanol–water partition coefficient (Wildman–Crippen LogP) is 8.70. The molecule has 0 bridgehead atoms. The molecule has 2 aromatic carbocycles. The highest BCUT2D eigenvalue weighted by molar-refractivity contribution is 5.94. The number of fused-ring (bicyclic) bond motifs is 7. The van der Waals surface area contributed by atoms with Gasteiger partial charge in [0.15, 0.2) is 0 Å². The maximum Gasteiger partial charge on any atom is 0.251 e. The standard InChI is InChI=1S/C42H60N2O2/c1-27-8-6-9-29(22-27)25-44-39(46)31-11-7-10-30(23-31)24-43-26-42-19-18-28(2)38(42)36-14-12-33-32-13-17-37(45)40(3,4)34(32)15-16-35(33)41(36,5)20-21-42/h6-11,22-23,28,32-38,43,45H,12-21,24-26H2,1-5H3,(H,44,46). The molecule has 5 aliphatic rings. The van der Waals surface area contributed by atoms with Gasteiger partial charge in [-0.25, -0.2) is 0 Å². The fourth-order valence-corrected chi connectivity index (χ4v) is 12.6. The first-order valence-corrected chi connectivity index (χ1v) is 18.8. The first kappa shape index (κ1) is 32.4. The number of nitrogens with one attached hydrogen (secondary N) is 2. The zero-order chi connectivity index (χ0) is 32.3. The second-order valence-electron chi connectivity index (χ2n) is 17.6. The van der Waals surface area contributed by atoms with E-state index in [9.17, 15) is 9.90 Å². The second-order valence-corrected chi connectivity index (χ2v) is 17.6. The van der Waals surface area contributed by atoms with E-state index in [0.29, 0.717) is 23.3 Å². The first-order valence-electron chi connectivity index (χ1n) is 18.8. The molecule has 10 unspecified atom stereocenters. The van der Waals surface area contributed by atoms with Crippen LogP contribution in [0.15, 0.2) is 48.5 Å². The van der Waals surface area contributed by atoms with Gasteiger partial charge in [0.1, 0.15) is 0 Å². The molecule has 46 heavy (non-hydrogen) atoms. The predicted molar refractivity (Wildman–Crippen MR) is 187 cm³/mol. The molecule has 0 spiro atoms. The first-order chi connectivity index (χ1) is 22.0. The molecule has 1 amide bonds. The third-order valence-corrected chi connectivity index (χ3v) is 15.0. The highest BCUT2D eigenvalue weighted by atomic mass is 16.3. The zero-order valence-corrected chi connectivity index (χ0v) is 29.3. The van der Waals surface area contributed by atoms with Crippen molar-refractivity contribution in [3.8, 4) is 0 Å². The fourth-order valence-electron chi connectivity index (χ4n) is 12.6. The maximum absolute atomic E-state index is 13.0. The number of aryl methyl sites for hydroxylation is 1. The van der Waals surface area contributed by atoms with Crippen LogP contribution in [-0.4, -0.2) is 23.7 Å². The molecule has 4 nitrogen and oxygen atoms in total. The van der Waals surface area contributed by atoms with Crippen molar-refractivity contribution in [1.82, 2.24) is 10.6 Å². The Morgan fingerprint density at radius 1 is 0.804 bits per heavy atom. The second kappa shape index (κ2) is 12.4. The number of aliphatic hydroxyl groups excluding tert-OH is 1. The summed E-state index contributed by atoms with van der Waals surface area (Å²) in [5.41, 5.74) is 5.24. The summed E-state index contributed by atoms with van der Waals surface area (Å²) in [5.74, 6) is 5.74. The van der Waals surface area contributed by atoms with E-state index in [1.54, 1.807) is 0 Å². The van der Waals surface area contributed by atoms with Crippen LogP contribution in [0.25, 0.3) is 0 Å². The monoisotopic (exact) mass is 624 g/mol. The molecule has 10 atom stereocenters. The van der Waals surface area contributed by atoms with E-state index in [2.05, 4.69) is 75.6 Å². The number of hydrogen-bond donors (Lipinski definition) is 3. The summed E-state index contributed by atoms with van der Waals surface area (Å²) < 4.78 is 0. The van der Waals surface area contributed by atoms with Crippen molar-refractivity contribution in [2.24, 2.45) is 57.7 Å². The number of rotatable bonds is 7. The topological polar surface area (TPSA) is 61.4 Å². The number of amides is 1. The van der Waals surface area contributed by atoms with Crippen LogP contribution in [0.4, 0.5) is 0 Å². The van der Waals surface area contributed by atoms with E-state index in [1.807, 2.05) is 18.2 Å². The van der Waals surface area contributed by atoms with E-state index < -0.39 is 0 Å². The highest BCUT2D eigenvalue weighted by Crippen LogP contribution is 2.70. The van der Waals surface area contributed by atoms with E-state index in [0.717, 1.165) is 66.1 Å². The quantitative estimate of drug-likeness (QED) is 0.289. The zero-order valence-electron chi connectivity index (χ0n) is 29.3. The van der Waals surface area contributed by atoms with Gasteiger partial charge in [-0.3, -0.25) is 4.79 Å². The lowest BCUT2D eigenvalue weighted by Gasteiger charge is -2.65. The molecule has 3 N–H and O–H groups in total. The molecule has 4 heteroatoms. The van der Waals surface area contributed by atoms with Gasteiger partial charge in [0, 0.05) is 25.2 Å². The summed E-state index contributed by atoms with van der Waals surface area (Å²) in [4.78, 5) is 13.0. The van der Waals surface area contributed by atoms with Crippen LogP contribution in [0, 0.1) is 64.6 Å². The van der Waals surface area contributed by atoms with E-state index >= 15 is 0 Å². The van der Waals surface area contributed by atoms with Gasteiger partial charge in [0.2, 0.25) is 0 Å². The molecule has 7 rings (SSSR count). The average molecular weight is 625 g/mol. The lowest BCUT2D eigenvalue weighted by Crippen LogP contribution is -2.60. The molecule has 0 heterocycles. The molecule has 2 aromatic rings. The summed E-state index contributed by atoms with van der Waals surface area (Å²) in [6.45, 7) is 14.6. The van der Waals surface area contributed by atoms with Crippen LogP contribution < -0.4 is 10.6 Å². The SMILES string of the molecule is Cc1cccc(CNC(=O)c2cccc(CNCC34CCC(C)C3C3CCC5C6CCC(O)C(C)(C)C6CCC5C3(C)CC4)c2)c1. The Kier molecular flexibility index (Phi) is 8.71. The molecular formula is C42H60N2O2. The van der Waals surface area contributed by atoms with Crippen LogP contribution in [0.3, 0.4) is 0 Å². The van der Waals surface area contributed by atoms with Crippen LogP contribution in [0.1, 0.15) is 119 Å². The Morgan fingerprint density at radius 3 is 2.30 bits per heavy atom. The van der Waals surface area contributed by atoms with E-state index in [1.165, 1.54) is 68.9 Å². The lowest BCUT2D eigenvalue weighted by molar-refractivity contribution is -0.174. The normalized spacial score (nSPS) is 39.4. The van der Waals surface area contributed by atoms with Gasteiger partial charge in [0.25, 0.3) is 5.91 Å². The Hall–Kier alpha value is -2.17. The third-order valence-electron chi connectivity index (χ3n) is 15.0. The molecule has 0 saturated heterocycles. The molecule has 5 aliphatic carbocycles.